The highest BCUT2D eigenvalue weighted by molar-refractivity contribution is 6.33. The highest BCUT2D eigenvalue weighted by Gasteiger charge is 2.23. The number of carboxylic acids is 3. The number of nitrogens with one attached hydrogen (secondary N) is 4. The Hall–Kier alpha value is -9.64. The van der Waals surface area contributed by atoms with Gasteiger partial charge in [0.25, 0.3) is 0 Å². The number of carbonyl (C=O) groups excluding carboxylic acids is 10. The second kappa shape index (κ2) is 60.2. The molecule has 43 heteroatoms. The number of rotatable bonds is 32. The molecule has 0 fully saturated rings. The monoisotopic (exact) mass is 1640 g/mol. The highest BCUT2D eigenvalue weighted by atomic mass is 19.4. The van der Waals surface area contributed by atoms with Gasteiger partial charge in [0.1, 0.15) is 22.4 Å². The SMILES string of the molecule is FB(F)F.FB(F)F.FB(F)F.[2H]C([2H])(N)C([2H])([2H])NC(=O)OC(C)(C)C.[2H]c1c(C(=O)CC([2H])([2H])C([2H])([2H])NC(=O)OC(C)(C)C)c([2H])c(C(=O)CC([2H])([2H])C([2H])([2H])NC(=O)OC(C)(C)C)c([2H])c1C(=O)CC([2H])([2H])C([2H])([2H])NC(=O)OC(C)(C)C.[2H]c1c(C(=O)CC([2H])([2H])C([2H])([2H])[NH3+])c([2H])c(C(=O)CC([2H])([2H])C([2H])([2H])[NH3+])c([2H])c1C(=O)CC([2H])([2H])C([2H])([2H])[NH3+].[2H]c1c(C(=O)O)c([2H])c(C(=O)O)c([2H])c1C(=O)O.[F-].[F-].[F-]. The van der Waals surface area contributed by atoms with Crippen molar-refractivity contribution in [2.75, 3.05) is 52.0 Å². The number of halogens is 12. The summed E-state index contributed by atoms with van der Waals surface area (Å²) in [6.45, 7) is -6.71. The lowest BCUT2D eigenvalue weighted by Gasteiger charge is -2.19. The number of hydrogen-bond donors (Lipinski definition) is 11. The Morgan fingerprint density at radius 2 is 0.491 bits per heavy atom. The zero-order valence-electron chi connectivity index (χ0n) is 97.0. The molecule has 0 saturated carbocycles. The molecule has 0 spiro atoms. The molecule has 0 atom stereocenters. The first-order valence-electron chi connectivity index (χ1n) is 47.5. The van der Waals surface area contributed by atoms with E-state index in [1.807, 2.05) is 0 Å². The predicted molar refractivity (Wildman–Crippen MR) is 378 cm³/mol. The molecular formula is C67H103B3F12N8O20. The molecule has 3 rings (SSSR count). The Morgan fingerprint density at radius 3 is 0.627 bits per heavy atom. The molecule has 0 unspecified atom stereocenters. The molecule has 0 aliphatic heterocycles. The highest BCUT2D eigenvalue weighted by Crippen LogP contribution is 2.21. The second-order valence-corrected chi connectivity index (χ2v) is 22.5. The van der Waals surface area contributed by atoms with E-state index in [1.165, 1.54) is 62.3 Å². The number of ether oxygens (including phenoxy) is 4. The molecule has 0 aromatic heterocycles. The maximum absolute atomic E-state index is 13.8. The van der Waals surface area contributed by atoms with Crippen molar-refractivity contribution in [1.82, 2.24) is 21.3 Å². The van der Waals surface area contributed by atoms with Crippen molar-refractivity contribution in [3.63, 3.8) is 0 Å². The van der Waals surface area contributed by atoms with Crippen LogP contribution in [0.1, 0.15) is 304 Å². The Morgan fingerprint density at radius 1 is 0.345 bits per heavy atom. The normalized spacial score (nSPS) is 17.0. The summed E-state index contributed by atoms with van der Waals surface area (Å²) in [5.74, 6) is -14.9. The molecule has 0 aliphatic rings. The predicted octanol–water partition coefficient (Wildman–Crippen LogP) is 0.353. The van der Waals surface area contributed by atoms with Gasteiger partial charge in [0.2, 0.25) is 0 Å². The molecule has 4 amide bonds. The van der Waals surface area contributed by atoms with Crippen LogP contribution in [-0.4, -0.2) is 189 Å². The number of benzene rings is 3. The number of carbonyl (C=O) groups is 13. The standard InChI is InChI=1S/C33H51N3O9.C18H27N3O3.C9H6O6.C7H16N2O2.3BF3.3FH/c1-31(2,3)43-28(40)34-16-10-13-25(37)22-19-23(26(38)14-11-17-35-29(41)44-32(4,5)6)21-24(20-22)27(39)15-12-18-36-30(42)45-33(7,8)9;19-7-1-4-16(22)13-10-14(17(23)5-2-8-20)12-15(11-13)18(24)6-3-9-21;10-7(11)4-1-5(8(12)13)3-6(2-4)9(14)15;1-7(2,3)11-6(10)9-5-4-8;3*2-1(3)4;;;/h19-21H,10-18H2,1-9H3,(H,34,40)(H,35,41)(H,36,42);10-12H,1-9,19-21H2;1-3H,(H,10,11)(H,12,13)(H,14,15);4-5,8H2,1-3H3,(H,9,10);;;;3*1H/i10D2,11D2,12D2,16D2,17D2,18D2,19D,20D,21D;1D2,2D2,3D2,7D2,8D2,9D2,10D,11D,12D;1D,2D,3D;4D2,5D2;;;;;;. The van der Waals surface area contributed by atoms with E-state index < -0.39 is 355 Å². The average molecular weight is 1640 g/mol. The molecule has 3 aromatic rings. The van der Waals surface area contributed by atoms with Crippen LogP contribution in [0.4, 0.5) is 58.0 Å². The fourth-order valence-electron chi connectivity index (χ4n) is 5.48. The van der Waals surface area contributed by atoms with Crippen molar-refractivity contribution in [2.24, 2.45) is 5.73 Å². The van der Waals surface area contributed by atoms with E-state index in [0.717, 1.165) is 0 Å². The molecule has 0 radical (unpaired) electrons. The molecule has 28 nitrogen and oxygen atoms in total. The molecule has 0 saturated heterocycles. The molecule has 110 heavy (non-hydrogen) atoms. The van der Waals surface area contributed by atoms with Crippen LogP contribution in [0.15, 0.2) is 54.4 Å². The summed E-state index contributed by atoms with van der Waals surface area (Å²) in [5.41, 5.74) is -1.11. The van der Waals surface area contributed by atoms with E-state index >= 15 is 0 Å². The number of aromatic carboxylic acids is 3. The Bertz CT molecular complexity index is 4670. The number of alkyl carbamates (subject to hydrolysis) is 4. The van der Waals surface area contributed by atoms with Crippen LogP contribution < -0.4 is 58.3 Å². The topological polar surface area (TPSA) is 477 Å². The summed E-state index contributed by atoms with van der Waals surface area (Å²) in [4.78, 5) is 161. The lowest BCUT2D eigenvalue weighted by Crippen LogP contribution is -3.00. The summed E-state index contributed by atoms with van der Waals surface area (Å²) in [7, 11) is -11.0. The van der Waals surface area contributed by atoms with Gasteiger partial charge in [-0.2, -0.15) is 0 Å². The van der Waals surface area contributed by atoms with Crippen LogP contribution in [0.2, 0.25) is 0 Å². The zero-order valence-corrected chi connectivity index (χ0v) is 60.0. The second-order valence-electron chi connectivity index (χ2n) is 22.5. The van der Waals surface area contributed by atoms with Crippen molar-refractivity contribution >= 4 is 99.6 Å². The summed E-state index contributed by atoms with van der Waals surface area (Å²) < 4.78 is 399. The van der Waals surface area contributed by atoms with Crippen molar-refractivity contribution in [1.29, 1.82) is 0 Å². The molecule has 624 valence electrons. The molecule has 18 N–H and O–H groups in total. The first kappa shape index (κ1) is 58.3. The van der Waals surface area contributed by atoms with E-state index in [-0.39, 0.29) is 14.1 Å². The van der Waals surface area contributed by atoms with E-state index in [0.29, 0.717) is 0 Å². The fourth-order valence-corrected chi connectivity index (χ4v) is 5.48. The van der Waals surface area contributed by atoms with E-state index in [1.54, 1.807) is 42.0 Å². The van der Waals surface area contributed by atoms with Crippen LogP contribution >= 0.6 is 0 Å². The van der Waals surface area contributed by atoms with Gasteiger partial charge < -0.3 is 92.6 Å². The van der Waals surface area contributed by atoms with Crippen LogP contribution in [-0.2, 0) is 18.9 Å². The van der Waals surface area contributed by atoms with Crippen LogP contribution in [0.5, 0.6) is 0 Å². The summed E-state index contributed by atoms with van der Waals surface area (Å²) in [6.07, 6.45) is -33.7. The largest absolute Gasteiger partial charge is 1.00 e. The molecular weight excluding hydrogens is 1500 g/mol. The first-order valence-corrected chi connectivity index (χ1v) is 29.0. The Balaban J connectivity index is -0.000000381. The van der Waals surface area contributed by atoms with Crippen molar-refractivity contribution in [2.45, 2.75) is 182 Å². The first-order chi connectivity index (χ1) is 63.0. The quantitative estimate of drug-likeness (QED) is 0.0174. The van der Waals surface area contributed by atoms with Gasteiger partial charge >= 0.3 is 64.9 Å². The van der Waals surface area contributed by atoms with E-state index in [4.69, 9.17) is 90.7 Å². The van der Waals surface area contributed by atoms with Crippen LogP contribution in [0.3, 0.4) is 0 Å². The summed E-state index contributed by atoms with van der Waals surface area (Å²) >= 11 is 0. The number of ketones is 6. The Labute approximate surface area is 683 Å². The van der Waals surface area contributed by atoms with Gasteiger partial charge in [0, 0.05) is 151 Å². The van der Waals surface area contributed by atoms with Gasteiger partial charge in [-0.25, -0.2) is 33.6 Å². The fraction of sp³-hybridized carbons (Fsp3) is 0.537. The number of carboxylic acid groups (broad SMARTS) is 3. The lowest BCUT2D eigenvalue weighted by atomic mass is 9.94. The summed E-state index contributed by atoms with van der Waals surface area (Å²) in [6, 6.07) is -11.0. The van der Waals surface area contributed by atoms with Crippen LogP contribution in [0, 0.1) is 0 Å². The third kappa shape index (κ3) is 65.4. The molecule has 0 aliphatic carbocycles. The third-order valence-electron chi connectivity index (χ3n) is 9.02. The van der Waals surface area contributed by atoms with Crippen molar-refractivity contribution < 1.29 is 217 Å². The molecule has 3 aromatic carbocycles. The van der Waals surface area contributed by atoms with E-state index in [9.17, 15) is 101 Å². The van der Waals surface area contributed by atoms with Gasteiger partial charge in [0.15, 0.2) is 34.7 Å². The number of quaternary nitrogens is 3. The minimum atomic E-state index is -3.67. The number of nitrogens with two attached hydrogens (primary N) is 1. The Kier molecular flexibility index (Phi) is 31.9. The maximum atomic E-state index is 13.8. The van der Waals surface area contributed by atoms with Gasteiger partial charge in [-0.3, -0.25) is 67.6 Å². The van der Waals surface area contributed by atoms with Gasteiger partial charge in [0.05, 0.1) is 59.5 Å². The minimum Gasteiger partial charge on any atom is -1.00 e. The summed E-state index contributed by atoms with van der Waals surface area (Å²) in [5, 5.41) is 32.9. The van der Waals surface area contributed by atoms with Gasteiger partial charge in [-0.1, -0.05) is 0 Å². The van der Waals surface area contributed by atoms with E-state index in [2.05, 4.69) is 17.2 Å². The zero-order chi connectivity index (χ0) is 117. The van der Waals surface area contributed by atoms with Crippen molar-refractivity contribution in [3.05, 3.63) is 104 Å². The third-order valence-corrected chi connectivity index (χ3v) is 9.02. The number of Topliss-reactive ketones (excluding diaryl/α,β-unsaturated/α-hetero) is 6. The number of amides is 4. The molecule has 0 heterocycles. The lowest BCUT2D eigenvalue weighted by molar-refractivity contribution is -0.368. The average Bonchev–Trinajstić information content (AvgIpc) is 0.742. The maximum Gasteiger partial charge on any atom is 0.762 e. The van der Waals surface area contributed by atoms with Crippen molar-refractivity contribution in [3.8, 4) is 0 Å². The number of hydrogen-bond acceptors (Lipinski definition) is 18. The van der Waals surface area contributed by atoms with Gasteiger partial charge in [-0.05, 0) is 157 Å². The van der Waals surface area contributed by atoms with Gasteiger partial charge in [-0.15, -0.1) is 0 Å². The molecule has 0 bridgehead atoms. The minimum absolute atomic E-state index is 0. The smallest absolute Gasteiger partial charge is 0.762 e. The van der Waals surface area contributed by atoms with Crippen LogP contribution in [0.25, 0.3) is 0 Å².